The molecule has 0 bridgehead atoms. The third-order valence-corrected chi connectivity index (χ3v) is 4.87. The highest BCUT2D eigenvalue weighted by atomic mass is 32.1. The Balaban J connectivity index is 1.74. The lowest BCUT2D eigenvalue weighted by Gasteiger charge is -2.40. The summed E-state index contributed by atoms with van der Waals surface area (Å²) in [4.78, 5) is 16.7. The van der Waals surface area contributed by atoms with Crippen LogP contribution in [0.4, 0.5) is 0 Å². The number of hydrogen-bond donors (Lipinski definition) is 2. The van der Waals surface area contributed by atoms with Crippen molar-refractivity contribution < 1.29 is 0 Å². The van der Waals surface area contributed by atoms with Crippen molar-refractivity contribution in [2.24, 2.45) is 0 Å². The van der Waals surface area contributed by atoms with E-state index >= 15 is 0 Å². The molecule has 3 rings (SSSR count). The second kappa shape index (κ2) is 6.56. The van der Waals surface area contributed by atoms with Crippen LogP contribution < -0.4 is 10.2 Å². The zero-order valence-corrected chi connectivity index (χ0v) is 13.0. The summed E-state index contributed by atoms with van der Waals surface area (Å²) in [6.45, 7) is 5.01. The number of aromatic amines is 1. The first-order valence-corrected chi connectivity index (χ1v) is 8.33. The molecule has 1 aromatic heterocycles. The molecule has 2 heterocycles. The minimum atomic E-state index is 0.0350. The molecule has 1 aliphatic heterocycles. The van der Waals surface area contributed by atoms with E-state index in [0.717, 1.165) is 31.7 Å². The predicted molar refractivity (Wildman–Crippen MR) is 86.6 cm³/mol. The molecule has 1 saturated heterocycles. The average molecular weight is 303 g/mol. The van der Waals surface area contributed by atoms with E-state index in [-0.39, 0.29) is 4.87 Å². The molecule has 0 aliphatic carbocycles. The van der Waals surface area contributed by atoms with E-state index < -0.39 is 0 Å². The van der Waals surface area contributed by atoms with E-state index in [1.807, 2.05) is 5.38 Å². The van der Waals surface area contributed by atoms with E-state index in [2.05, 4.69) is 52.5 Å². The van der Waals surface area contributed by atoms with Crippen LogP contribution in [0, 0.1) is 0 Å². The molecule has 2 unspecified atom stereocenters. The predicted octanol–water partition coefficient (Wildman–Crippen LogP) is 2.36. The van der Waals surface area contributed by atoms with Crippen LogP contribution in [-0.4, -0.2) is 29.0 Å². The van der Waals surface area contributed by atoms with E-state index in [1.54, 1.807) is 0 Å². The third-order valence-electron chi connectivity index (χ3n) is 4.15. The Morgan fingerprint density at radius 2 is 2.14 bits per heavy atom. The number of benzene rings is 1. The zero-order valence-electron chi connectivity index (χ0n) is 12.2. The zero-order chi connectivity index (χ0) is 14.7. The van der Waals surface area contributed by atoms with Gasteiger partial charge in [-0.25, -0.2) is 0 Å². The molecule has 2 atom stereocenters. The maximum atomic E-state index is 11.3. The molecule has 5 heteroatoms. The molecule has 112 valence electrons. The van der Waals surface area contributed by atoms with Gasteiger partial charge in [0.25, 0.3) is 0 Å². The normalized spacial score (nSPS) is 23.3. The molecule has 1 aliphatic rings. The molecular formula is C16H21N3OS. The molecule has 0 saturated carbocycles. The highest BCUT2D eigenvalue weighted by molar-refractivity contribution is 7.07. The van der Waals surface area contributed by atoms with Gasteiger partial charge in [0.2, 0.25) is 0 Å². The molecule has 2 N–H and O–H groups in total. The lowest BCUT2D eigenvalue weighted by molar-refractivity contribution is 0.118. The van der Waals surface area contributed by atoms with Gasteiger partial charge >= 0.3 is 4.87 Å². The average Bonchev–Trinajstić information content (AvgIpc) is 2.93. The van der Waals surface area contributed by atoms with Crippen molar-refractivity contribution in [2.45, 2.75) is 32.0 Å². The van der Waals surface area contributed by atoms with Crippen molar-refractivity contribution in [1.29, 1.82) is 0 Å². The largest absolute Gasteiger partial charge is 0.315 e. The second-order valence-corrected chi connectivity index (χ2v) is 6.38. The van der Waals surface area contributed by atoms with Gasteiger partial charge in [-0.05, 0) is 12.0 Å². The fourth-order valence-electron chi connectivity index (χ4n) is 2.97. The number of hydrogen-bond acceptors (Lipinski definition) is 4. The molecule has 0 radical (unpaired) electrons. The van der Waals surface area contributed by atoms with Crippen molar-refractivity contribution in [2.75, 3.05) is 13.1 Å². The minimum absolute atomic E-state index is 0.0350. The van der Waals surface area contributed by atoms with Gasteiger partial charge < -0.3 is 10.3 Å². The fraction of sp³-hybridized carbons (Fsp3) is 0.438. The number of H-pyrrole nitrogens is 1. The summed E-state index contributed by atoms with van der Waals surface area (Å²) in [6, 6.07) is 11.5. The van der Waals surface area contributed by atoms with Crippen molar-refractivity contribution in [3.63, 3.8) is 0 Å². The van der Waals surface area contributed by atoms with Crippen molar-refractivity contribution >= 4 is 11.3 Å². The van der Waals surface area contributed by atoms with Crippen LogP contribution in [-0.2, 0) is 6.54 Å². The van der Waals surface area contributed by atoms with Crippen LogP contribution in [0.5, 0.6) is 0 Å². The Morgan fingerprint density at radius 1 is 1.33 bits per heavy atom. The monoisotopic (exact) mass is 303 g/mol. The van der Waals surface area contributed by atoms with Gasteiger partial charge in [-0.3, -0.25) is 9.69 Å². The highest BCUT2D eigenvalue weighted by Crippen LogP contribution is 2.22. The summed E-state index contributed by atoms with van der Waals surface area (Å²) in [5, 5.41) is 5.59. The molecule has 4 nitrogen and oxygen atoms in total. The fourth-order valence-corrected chi connectivity index (χ4v) is 3.54. The Hall–Kier alpha value is -1.43. The van der Waals surface area contributed by atoms with Gasteiger partial charge in [-0.15, -0.1) is 0 Å². The molecule has 1 fully saturated rings. The summed E-state index contributed by atoms with van der Waals surface area (Å²) < 4.78 is 0. The Labute approximate surface area is 128 Å². The van der Waals surface area contributed by atoms with E-state index in [4.69, 9.17) is 0 Å². The standard InChI is InChI=1S/C16H21N3OS/c1-2-14-8-17-15(12-6-4-3-5-7-12)10-19(14)9-13-11-21-16(20)18-13/h3-7,11,14-15,17H,2,8-10H2,1H3,(H,18,20). The number of piperazine rings is 1. The summed E-state index contributed by atoms with van der Waals surface area (Å²) in [5.41, 5.74) is 2.35. The molecule has 1 aromatic carbocycles. The van der Waals surface area contributed by atoms with Gasteiger partial charge in [0.1, 0.15) is 0 Å². The van der Waals surface area contributed by atoms with Gasteiger partial charge in [0.15, 0.2) is 0 Å². The van der Waals surface area contributed by atoms with Crippen LogP contribution in [0.1, 0.15) is 30.6 Å². The quantitative estimate of drug-likeness (QED) is 0.911. The number of nitrogens with one attached hydrogen (secondary N) is 2. The van der Waals surface area contributed by atoms with Gasteiger partial charge in [-0.2, -0.15) is 0 Å². The van der Waals surface area contributed by atoms with Crippen LogP contribution in [0.25, 0.3) is 0 Å². The highest BCUT2D eigenvalue weighted by Gasteiger charge is 2.27. The summed E-state index contributed by atoms with van der Waals surface area (Å²) in [6.07, 6.45) is 1.11. The van der Waals surface area contributed by atoms with Gasteiger partial charge in [-0.1, -0.05) is 48.6 Å². The maximum absolute atomic E-state index is 11.3. The first-order chi connectivity index (χ1) is 10.3. The van der Waals surface area contributed by atoms with Crippen molar-refractivity contribution in [1.82, 2.24) is 15.2 Å². The second-order valence-electron chi connectivity index (χ2n) is 5.54. The smallest absolute Gasteiger partial charge is 0.304 e. The number of thiazole rings is 1. The number of aromatic nitrogens is 1. The molecule has 0 spiro atoms. The van der Waals surface area contributed by atoms with E-state index in [9.17, 15) is 4.79 Å². The lowest BCUT2D eigenvalue weighted by Crippen LogP contribution is -2.52. The molecule has 21 heavy (non-hydrogen) atoms. The molecule has 0 amide bonds. The number of nitrogens with zero attached hydrogens (tertiary/aromatic N) is 1. The number of rotatable bonds is 4. The van der Waals surface area contributed by atoms with Crippen LogP contribution in [0.2, 0.25) is 0 Å². The first kappa shape index (κ1) is 14.5. The maximum Gasteiger partial charge on any atom is 0.304 e. The van der Waals surface area contributed by atoms with Crippen LogP contribution in [0.3, 0.4) is 0 Å². The van der Waals surface area contributed by atoms with Gasteiger partial charge in [0, 0.05) is 42.8 Å². The summed E-state index contributed by atoms with van der Waals surface area (Å²) in [7, 11) is 0. The Morgan fingerprint density at radius 3 is 2.81 bits per heavy atom. The van der Waals surface area contributed by atoms with E-state index in [1.165, 1.54) is 16.9 Å². The van der Waals surface area contributed by atoms with Crippen LogP contribution in [0.15, 0.2) is 40.5 Å². The van der Waals surface area contributed by atoms with E-state index in [0.29, 0.717) is 12.1 Å². The third kappa shape index (κ3) is 3.43. The summed E-state index contributed by atoms with van der Waals surface area (Å²) >= 11 is 1.25. The lowest BCUT2D eigenvalue weighted by atomic mass is 10.0. The summed E-state index contributed by atoms with van der Waals surface area (Å²) in [5.74, 6) is 0. The SMILES string of the molecule is CCC1CNC(c2ccccc2)CN1Cc1csc(=O)[nH]1. The van der Waals surface area contributed by atoms with Crippen LogP contribution >= 0.6 is 11.3 Å². The molecule has 2 aromatic rings. The Bertz CT molecular complexity index is 622. The van der Waals surface area contributed by atoms with Crippen molar-refractivity contribution in [3.8, 4) is 0 Å². The minimum Gasteiger partial charge on any atom is -0.315 e. The molecular weight excluding hydrogens is 282 g/mol. The topological polar surface area (TPSA) is 48.1 Å². The first-order valence-electron chi connectivity index (χ1n) is 7.45. The van der Waals surface area contributed by atoms with Crippen molar-refractivity contribution in [3.05, 3.63) is 56.6 Å². The Kier molecular flexibility index (Phi) is 4.53. The van der Waals surface area contributed by atoms with Gasteiger partial charge in [0.05, 0.1) is 0 Å².